The van der Waals surface area contributed by atoms with Gasteiger partial charge < -0.3 is 19.5 Å². The first-order chi connectivity index (χ1) is 17.5. The van der Waals surface area contributed by atoms with Crippen LogP contribution in [0.1, 0.15) is 76.2 Å². The lowest BCUT2D eigenvalue weighted by Crippen LogP contribution is -2.49. The summed E-state index contributed by atoms with van der Waals surface area (Å²) in [5.41, 5.74) is 1.05. The lowest BCUT2D eigenvalue weighted by Gasteiger charge is -2.35. The molecule has 2 fully saturated rings. The number of carbonyl (C=O) groups excluding carboxylic acids is 1. The van der Waals surface area contributed by atoms with Crippen LogP contribution in [-0.2, 0) is 4.74 Å². The zero-order chi connectivity index (χ0) is 25.3. The summed E-state index contributed by atoms with van der Waals surface area (Å²) in [6, 6.07) is 8.25. The van der Waals surface area contributed by atoms with Crippen molar-refractivity contribution in [1.82, 2.24) is 15.2 Å². The maximum Gasteiger partial charge on any atom is 0.270 e. The monoisotopic (exact) mass is 497 g/mol. The molecule has 1 saturated heterocycles. The molecule has 1 aliphatic heterocycles. The molecule has 0 unspecified atom stereocenters. The highest BCUT2D eigenvalue weighted by atomic mass is 16.5. The molecular formula is C29H43N3O4. The number of amides is 1. The summed E-state index contributed by atoms with van der Waals surface area (Å²) in [5.74, 6) is 1.77. The Bertz CT molecular complexity index is 990. The average molecular weight is 498 g/mol. The van der Waals surface area contributed by atoms with Crippen molar-refractivity contribution < 1.29 is 19.0 Å². The molecule has 1 saturated carbocycles. The molecule has 1 aromatic carbocycles. The third-order valence-electron chi connectivity index (χ3n) is 7.40. The van der Waals surface area contributed by atoms with Gasteiger partial charge in [-0.2, -0.15) is 0 Å². The third kappa shape index (κ3) is 7.10. The van der Waals surface area contributed by atoms with Gasteiger partial charge >= 0.3 is 0 Å². The third-order valence-corrected chi connectivity index (χ3v) is 7.40. The van der Waals surface area contributed by atoms with E-state index in [-0.39, 0.29) is 11.9 Å². The van der Waals surface area contributed by atoms with Crippen molar-refractivity contribution in [2.24, 2.45) is 5.92 Å². The topological polar surface area (TPSA) is 72.9 Å². The molecule has 0 bridgehead atoms. The van der Waals surface area contributed by atoms with Gasteiger partial charge in [0.2, 0.25) is 0 Å². The Hall–Kier alpha value is -2.38. The number of rotatable bonds is 11. The Morgan fingerprint density at radius 3 is 2.69 bits per heavy atom. The first kappa shape index (κ1) is 26.7. The van der Waals surface area contributed by atoms with Gasteiger partial charge in [-0.15, -0.1) is 0 Å². The molecule has 1 aliphatic carbocycles. The van der Waals surface area contributed by atoms with Gasteiger partial charge in [-0.25, -0.2) is 4.98 Å². The van der Waals surface area contributed by atoms with Gasteiger partial charge in [0.05, 0.1) is 13.2 Å². The number of para-hydroxylation sites is 1. The van der Waals surface area contributed by atoms with Crippen LogP contribution in [0.5, 0.6) is 11.5 Å². The summed E-state index contributed by atoms with van der Waals surface area (Å²) in [5, 5.41) is 4.08. The number of hydrogen-bond donors (Lipinski definition) is 1. The molecule has 0 radical (unpaired) electrons. The molecule has 1 atom stereocenters. The first-order valence-electron chi connectivity index (χ1n) is 13.9. The number of fused-ring (bicyclic) bond motifs is 1. The second-order valence-electron chi connectivity index (χ2n) is 10.4. The minimum Gasteiger partial charge on any atom is -0.491 e. The van der Waals surface area contributed by atoms with Crippen LogP contribution < -0.4 is 14.8 Å². The molecular weight excluding hydrogens is 454 g/mol. The smallest absolute Gasteiger partial charge is 0.270 e. The summed E-state index contributed by atoms with van der Waals surface area (Å²) < 4.78 is 17.8. The van der Waals surface area contributed by atoms with Crippen molar-refractivity contribution in [3.63, 3.8) is 0 Å². The standard InChI is InChI=1S/C29H43N3O4/c1-4-34-16-17-35-27-18-25(29(33)30-23-12-9-15-32(19-23)21(2)3)31-28-24(27)13-8-14-26(28)36-20-22-10-6-5-7-11-22/h8,13-14,18,21-23H,4-7,9-12,15-17,19-20H2,1-3H3,(H,30,33)/t23-/m1/s1. The summed E-state index contributed by atoms with van der Waals surface area (Å²) in [6.45, 7) is 10.5. The highest BCUT2D eigenvalue weighted by Gasteiger charge is 2.25. The van der Waals surface area contributed by atoms with Crippen LogP contribution in [0.2, 0.25) is 0 Å². The van der Waals surface area contributed by atoms with E-state index in [1.54, 1.807) is 6.07 Å². The molecule has 7 heteroatoms. The second-order valence-corrected chi connectivity index (χ2v) is 10.4. The molecule has 1 aromatic heterocycles. The van der Waals surface area contributed by atoms with Crippen molar-refractivity contribution >= 4 is 16.8 Å². The predicted molar refractivity (Wildman–Crippen MR) is 143 cm³/mol. The zero-order valence-electron chi connectivity index (χ0n) is 22.3. The number of benzene rings is 1. The van der Waals surface area contributed by atoms with Gasteiger partial charge in [-0.3, -0.25) is 9.69 Å². The summed E-state index contributed by atoms with van der Waals surface area (Å²) >= 11 is 0. The van der Waals surface area contributed by atoms with Crippen LogP contribution in [-0.4, -0.2) is 67.4 Å². The van der Waals surface area contributed by atoms with Crippen molar-refractivity contribution in [2.45, 2.75) is 77.8 Å². The van der Waals surface area contributed by atoms with Gasteiger partial charge in [0.25, 0.3) is 5.91 Å². The fraction of sp³-hybridized carbons (Fsp3) is 0.655. The van der Waals surface area contributed by atoms with E-state index in [9.17, 15) is 4.79 Å². The molecule has 7 nitrogen and oxygen atoms in total. The summed E-state index contributed by atoms with van der Waals surface area (Å²) in [4.78, 5) is 20.6. The van der Waals surface area contributed by atoms with Gasteiger partial charge in [0.15, 0.2) is 0 Å². The highest BCUT2D eigenvalue weighted by molar-refractivity contribution is 5.98. The minimum absolute atomic E-state index is 0.117. The Balaban J connectivity index is 1.56. The highest BCUT2D eigenvalue weighted by Crippen LogP contribution is 2.33. The largest absolute Gasteiger partial charge is 0.491 e. The average Bonchev–Trinajstić information content (AvgIpc) is 2.90. The second kappa shape index (κ2) is 13.2. The van der Waals surface area contributed by atoms with Gasteiger partial charge in [-0.05, 0) is 71.0 Å². The maximum absolute atomic E-state index is 13.4. The molecule has 1 amide bonds. The van der Waals surface area contributed by atoms with E-state index in [0.29, 0.717) is 61.1 Å². The summed E-state index contributed by atoms with van der Waals surface area (Å²) in [7, 11) is 0. The Morgan fingerprint density at radius 2 is 1.92 bits per heavy atom. The number of nitrogens with zero attached hydrogens (tertiary/aromatic N) is 2. The fourth-order valence-corrected chi connectivity index (χ4v) is 5.31. The van der Waals surface area contributed by atoms with E-state index in [1.807, 2.05) is 25.1 Å². The van der Waals surface area contributed by atoms with Crippen LogP contribution >= 0.6 is 0 Å². The number of pyridine rings is 1. The molecule has 2 aliphatic rings. The van der Waals surface area contributed by atoms with E-state index < -0.39 is 0 Å². The number of carbonyl (C=O) groups is 1. The van der Waals surface area contributed by atoms with Crippen molar-refractivity contribution in [3.8, 4) is 11.5 Å². The number of ether oxygens (including phenoxy) is 3. The van der Waals surface area contributed by atoms with E-state index in [4.69, 9.17) is 19.2 Å². The lowest BCUT2D eigenvalue weighted by atomic mass is 9.90. The van der Waals surface area contributed by atoms with E-state index in [1.165, 1.54) is 32.1 Å². The quantitative estimate of drug-likeness (QED) is 0.430. The summed E-state index contributed by atoms with van der Waals surface area (Å²) in [6.07, 6.45) is 8.37. The van der Waals surface area contributed by atoms with E-state index >= 15 is 0 Å². The lowest BCUT2D eigenvalue weighted by molar-refractivity contribution is 0.0881. The minimum atomic E-state index is -0.163. The fourth-order valence-electron chi connectivity index (χ4n) is 5.31. The van der Waals surface area contributed by atoms with Gasteiger partial charge in [0.1, 0.15) is 29.3 Å². The van der Waals surface area contributed by atoms with Crippen molar-refractivity contribution in [2.75, 3.05) is 39.5 Å². The van der Waals surface area contributed by atoms with Crippen molar-refractivity contribution in [1.29, 1.82) is 0 Å². The number of hydrogen-bond acceptors (Lipinski definition) is 6. The number of aromatic nitrogens is 1. The first-order valence-corrected chi connectivity index (χ1v) is 13.9. The Kier molecular flexibility index (Phi) is 9.82. The van der Waals surface area contributed by atoms with Crippen LogP contribution in [0.25, 0.3) is 10.9 Å². The van der Waals surface area contributed by atoms with E-state index in [0.717, 1.165) is 31.3 Å². The number of piperidine rings is 1. The molecule has 0 spiro atoms. The van der Waals surface area contributed by atoms with Crippen molar-refractivity contribution in [3.05, 3.63) is 30.0 Å². The van der Waals surface area contributed by atoms with Crippen LogP contribution in [0, 0.1) is 5.92 Å². The van der Waals surface area contributed by atoms with Crippen LogP contribution in [0.15, 0.2) is 24.3 Å². The Labute approximate surface area is 215 Å². The molecule has 198 valence electrons. The van der Waals surface area contributed by atoms with Gasteiger partial charge in [0, 0.05) is 36.7 Å². The van der Waals surface area contributed by atoms with Gasteiger partial charge in [-0.1, -0.05) is 25.3 Å². The Morgan fingerprint density at radius 1 is 1.08 bits per heavy atom. The maximum atomic E-state index is 13.4. The molecule has 2 heterocycles. The molecule has 36 heavy (non-hydrogen) atoms. The predicted octanol–water partition coefficient (Wildman–Crippen LogP) is 5.21. The molecule has 4 rings (SSSR count). The van der Waals surface area contributed by atoms with E-state index in [2.05, 4.69) is 24.1 Å². The zero-order valence-corrected chi connectivity index (χ0v) is 22.3. The SMILES string of the molecule is CCOCCOc1cc(C(=O)N[C@@H]2CCCN(C(C)C)C2)nc2c(OCC3CCCCC3)cccc12. The van der Waals surface area contributed by atoms with Crippen LogP contribution in [0.4, 0.5) is 0 Å². The molecule has 2 aromatic rings. The number of nitrogens with one attached hydrogen (secondary N) is 1. The normalized spacial score (nSPS) is 19.5. The molecule has 1 N–H and O–H groups in total. The number of likely N-dealkylation sites (tertiary alicyclic amines) is 1. The van der Waals surface area contributed by atoms with Crippen LogP contribution in [0.3, 0.4) is 0 Å².